The molecule has 1 atom stereocenters. The Morgan fingerprint density at radius 2 is 1.88 bits per heavy atom. The molecule has 1 unspecified atom stereocenters. The third-order valence-electron chi connectivity index (χ3n) is 5.59. The van der Waals surface area contributed by atoms with Crippen molar-refractivity contribution in [2.75, 3.05) is 10.6 Å². The van der Waals surface area contributed by atoms with Crippen molar-refractivity contribution in [3.05, 3.63) is 72.9 Å². The van der Waals surface area contributed by atoms with Crippen molar-refractivity contribution in [2.45, 2.75) is 32.4 Å². The molecule has 0 radical (unpaired) electrons. The van der Waals surface area contributed by atoms with Gasteiger partial charge in [-0.05, 0) is 55.3 Å². The van der Waals surface area contributed by atoms with Crippen LogP contribution in [0.15, 0.2) is 72.9 Å². The Labute approximate surface area is 191 Å². The zero-order chi connectivity index (χ0) is 22.6. The fourth-order valence-electron chi connectivity index (χ4n) is 3.87. The summed E-state index contributed by atoms with van der Waals surface area (Å²) in [7, 11) is 0. The van der Waals surface area contributed by atoms with Crippen LogP contribution in [0.1, 0.15) is 26.2 Å². The largest absolute Gasteiger partial charge is 0.374 e. The molecule has 5 aromatic rings. The minimum atomic E-state index is -0.576. The van der Waals surface area contributed by atoms with Gasteiger partial charge < -0.3 is 15.7 Å². The van der Waals surface area contributed by atoms with Gasteiger partial charge in [0.1, 0.15) is 12.0 Å². The first kappa shape index (κ1) is 20.9. The van der Waals surface area contributed by atoms with E-state index in [2.05, 4.69) is 27.8 Å². The lowest BCUT2D eigenvalue weighted by Gasteiger charge is -2.15. The summed E-state index contributed by atoms with van der Waals surface area (Å²) in [5, 5.41) is 25.9. The van der Waals surface area contributed by atoms with E-state index >= 15 is 0 Å². The maximum absolute atomic E-state index is 10.2. The van der Waals surface area contributed by atoms with Gasteiger partial charge in [-0.25, -0.2) is 9.97 Å². The van der Waals surface area contributed by atoms with Crippen molar-refractivity contribution in [1.29, 1.82) is 0 Å². The van der Waals surface area contributed by atoms with Gasteiger partial charge in [0.25, 0.3) is 0 Å². The van der Waals surface area contributed by atoms with E-state index in [4.69, 9.17) is 9.97 Å². The van der Waals surface area contributed by atoms with E-state index in [1.165, 1.54) is 0 Å². The number of aromatic amines is 1. The number of fused-ring (bicyclic) bond motifs is 2. The van der Waals surface area contributed by atoms with E-state index in [9.17, 15) is 5.11 Å². The van der Waals surface area contributed by atoms with Gasteiger partial charge in [0.15, 0.2) is 5.82 Å². The first-order valence-corrected chi connectivity index (χ1v) is 11.2. The molecule has 0 saturated carbocycles. The highest BCUT2D eigenvalue weighted by Crippen LogP contribution is 2.29. The Balaban J connectivity index is 1.50. The summed E-state index contributed by atoms with van der Waals surface area (Å²) >= 11 is 0. The molecule has 0 bridgehead atoms. The molecule has 0 aliphatic heterocycles. The number of benzene rings is 3. The normalized spacial score (nSPS) is 12.2. The molecule has 33 heavy (non-hydrogen) atoms. The predicted molar refractivity (Wildman–Crippen MR) is 134 cm³/mol. The number of nitrogens with zero attached hydrogens (tertiary/aromatic N) is 3. The number of anilines is 3. The third-order valence-corrected chi connectivity index (χ3v) is 5.59. The number of nitrogens with one attached hydrogen (secondary N) is 3. The van der Waals surface area contributed by atoms with E-state index in [1.54, 1.807) is 6.20 Å². The van der Waals surface area contributed by atoms with E-state index in [0.29, 0.717) is 12.2 Å². The number of aliphatic hydroxyl groups is 1. The Bertz CT molecular complexity index is 1400. The van der Waals surface area contributed by atoms with Gasteiger partial charge >= 0.3 is 0 Å². The summed E-state index contributed by atoms with van der Waals surface area (Å²) in [4.78, 5) is 9.67. The molecule has 7 heteroatoms. The number of unbranched alkanes of at least 4 members (excludes halogenated alkanes) is 1. The van der Waals surface area contributed by atoms with E-state index in [1.807, 2.05) is 66.7 Å². The van der Waals surface area contributed by atoms with Crippen LogP contribution < -0.4 is 10.6 Å². The molecular formula is C26H26N6O. The maximum Gasteiger partial charge on any atom is 0.162 e. The molecule has 0 amide bonds. The molecule has 0 aliphatic carbocycles. The van der Waals surface area contributed by atoms with Crippen molar-refractivity contribution in [1.82, 2.24) is 20.2 Å². The number of rotatable bonds is 8. The summed E-state index contributed by atoms with van der Waals surface area (Å²) in [5.74, 6) is 1.35. The molecule has 0 fully saturated rings. The van der Waals surface area contributed by atoms with Crippen molar-refractivity contribution in [2.24, 2.45) is 0 Å². The van der Waals surface area contributed by atoms with E-state index in [-0.39, 0.29) is 0 Å². The van der Waals surface area contributed by atoms with Gasteiger partial charge in [-0.3, -0.25) is 5.10 Å². The number of hydrogen-bond acceptors (Lipinski definition) is 6. The first-order chi connectivity index (χ1) is 16.2. The Hall–Kier alpha value is -3.97. The lowest BCUT2D eigenvalue weighted by atomic mass is 10.1. The van der Waals surface area contributed by atoms with Crippen LogP contribution in [-0.2, 0) is 0 Å². The van der Waals surface area contributed by atoms with Gasteiger partial charge in [0, 0.05) is 27.7 Å². The second-order valence-electron chi connectivity index (χ2n) is 8.09. The highest BCUT2D eigenvalue weighted by molar-refractivity contribution is 5.93. The highest BCUT2D eigenvalue weighted by Gasteiger charge is 2.11. The molecule has 2 heterocycles. The zero-order valence-corrected chi connectivity index (χ0v) is 18.4. The van der Waals surface area contributed by atoms with Crippen molar-refractivity contribution >= 4 is 39.0 Å². The second kappa shape index (κ2) is 9.26. The van der Waals surface area contributed by atoms with Gasteiger partial charge in [0.05, 0.1) is 17.2 Å². The summed E-state index contributed by atoms with van der Waals surface area (Å²) < 4.78 is 0. The minimum absolute atomic E-state index is 0.576. The quantitative estimate of drug-likeness (QED) is 0.227. The second-order valence-corrected chi connectivity index (χ2v) is 8.09. The molecule has 4 N–H and O–H groups in total. The molecule has 0 saturated heterocycles. The number of H-pyrrole nitrogens is 1. The topological polar surface area (TPSA) is 98.8 Å². The first-order valence-electron chi connectivity index (χ1n) is 11.2. The van der Waals surface area contributed by atoms with Crippen LogP contribution in [0.2, 0.25) is 0 Å². The molecule has 3 aromatic carbocycles. The average molecular weight is 439 g/mol. The smallest absolute Gasteiger partial charge is 0.162 e. The lowest BCUT2D eigenvalue weighted by Crippen LogP contribution is -2.18. The minimum Gasteiger partial charge on any atom is -0.374 e. The van der Waals surface area contributed by atoms with Crippen molar-refractivity contribution in [3.8, 4) is 11.4 Å². The number of para-hydroxylation sites is 1. The van der Waals surface area contributed by atoms with Crippen LogP contribution in [0.3, 0.4) is 0 Å². The lowest BCUT2D eigenvalue weighted by molar-refractivity contribution is 0.190. The third kappa shape index (κ3) is 4.63. The zero-order valence-electron chi connectivity index (χ0n) is 18.4. The van der Waals surface area contributed by atoms with Gasteiger partial charge in [0.2, 0.25) is 0 Å². The number of hydrogen-bond donors (Lipinski definition) is 4. The van der Waals surface area contributed by atoms with Crippen LogP contribution in [-0.4, -0.2) is 31.5 Å². The fourth-order valence-corrected chi connectivity index (χ4v) is 3.87. The number of aromatic nitrogens is 4. The van der Waals surface area contributed by atoms with Gasteiger partial charge in [-0.15, -0.1) is 0 Å². The Morgan fingerprint density at radius 3 is 2.79 bits per heavy atom. The van der Waals surface area contributed by atoms with E-state index < -0.39 is 6.23 Å². The Morgan fingerprint density at radius 1 is 0.970 bits per heavy atom. The van der Waals surface area contributed by atoms with Crippen LogP contribution in [0.5, 0.6) is 0 Å². The summed E-state index contributed by atoms with van der Waals surface area (Å²) in [6.07, 6.45) is 3.96. The summed E-state index contributed by atoms with van der Waals surface area (Å²) in [6.45, 7) is 2.11. The highest BCUT2D eigenvalue weighted by atomic mass is 16.3. The van der Waals surface area contributed by atoms with Crippen LogP contribution in [0.4, 0.5) is 17.2 Å². The molecule has 5 rings (SSSR count). The predicted octanol–water partition coefficient (Wildman–Crippen LogP) is 5.84. The molecule has 0 aliphatic rings. The van der Waals surface area contributed by atoms with Crippen LogP contribution in [0, 0.1) is 0 Å². The molecule has 7 nitrogen and oxygen atoms in total. The van der Waals surface area contributed by atoms with Crippen molar-refractivity contribution < 1.29 is 5.11 Å². The van der Waals surface area contributed by atoms with Crippen molar-refractivity contribution in [3.63, 3.8) is 0 Å². The monoisotopic (exact) mass is 438 g/mol. The van der Waals surface area contributed by atoms with Gasteiger partial charge in [-0.1, -0.05) is 37.6 Å². The van der Waals surface area contributed by atoms with Crippen LogP contribution in [0.25, 0.3) is 33.2 Å². The standard InChI is InChI=1S/C26H26N6O/c1-2-3-11-24(33)28-19-8-6-7-17(14-19)25-30-23-10-5-4-9-21(23)26(31-25)29-20-12-13-22-18(15-20)16-27-32-22/h4-10,12-16,24,28,33H,2-3,11H2,1H3,(H,27,32)(H,29,30,31). The summed E-state index contributed by atoms with van der Waals surface area (Å²) in [5.41, 5.74) is 4.48. The maximum atomic E-state index is 10.2. The molecule has 166 valence electrons. The SMILES string of the molecule is CCCCC(O)Nc1cccc(-c2nc(Nc3ccc4[nH]ncc4c3)c3ccccc3n2)c1. The summed E-state index contributed by atoms with van der Waals surface area (Å²) in [6, 6.07) is 21.8. The van der Waals surface area contributed by atoms with E-state index in [0.717, 1.165) is 57.4 Å². The molecule has 2 aromatic heterocycles. The number of aliphatic hydroxyl groups excluding tert-OH is 1. The molecule has 0 spiro atoms. The van der Waals surface area contributed by atoms with Crippen LogP contribution >= 0.6 is 0 Å². The fraction of sp³-hybridized carbons (Fsp3) is 0.192. The van der Waals surface area contributed by atoms with Gasteiger partial charge in [-0.2, -0.15) is 5.10 Å². The average Bonchev–Trinajstić information content (AvgIpc) is 3.31. The molecular weight excluding hydrogens is 412 g/mol. The Kier molecular flexibility index (Phi) is 5.87.